The summed E-state index contributed by atoms with van der Waals surface area (Å²) in [6.45, 7) is 0.444. The number of furan rings is 1. The average Bonchev–Trinajstić information content (AvgIpc) is 3.16. The van der Waals surface area contributed by atoms with E-state index in [1.165, 1.54) is 0 Å². The maximum atomic E-state index is 12.0. The van der Waals surface area contributed by atoms with Gasteiger partial charge in [0.05, 0.1) is 12.9 Å². The zero-order valence-electron chi connectivity index (χ0n) is 11.9. The van der Waals surface area contributed by atoms with Crippen LogP contribution in [0.3, 0.4) is 0 Å². The normalized spacial score (nSPS) is 13.9. The summed E-state index contributed by atoms with van der Waals surface area (Å²) >= 11 is 0. The van der Waals surface area contributed by atoms with Gasteiger partial charge < -0.3 is 4.42 Å². The van der Waals surface area contributed by atoms with Crippen LogP contribution in [-0.4, -0.2) is 22.7 Å². The van der Waals surface area contributed by atoms with Crippen molar-refractivity contribution in [3.63, 3.8) is 0 Å². The second kappa shape index (κ2) is 6.58. The molecule has 1 aliphatic rings. The van der Waals surface area contributed by atoms with Crippen LogP contribution in [0.2, 0.25) is 0 Å². The van der Waals surface area contributed by atoms with E-state index < -0.39 is 0 Å². The fraction of sp³-hybridized carbons (Fsp3) is 0.467. The molecule has 0 atom stereocenters. The highest BCUT2D eigenvalue weighted by atomic mass is 16.6. The lowest BCUT2D eigenvalue weighted by molar-refractivity contribution is 0.0296. The van der Waals surface area contributed by atoms with Crippen molar-refractivity contribution >= 4 is 5.91 Å². The first kappa shape index (κ1) is 13.9. The maximum Gasteiger partial charge on any atom is 0.295 e. The largest absolute Gasteiger partial charge is 0.469 e. The van der Waals surface area contributed by atoms with Crippen molar-refractivity contribution in [1.29, 1.82) is 0 Å². The van der Waals surface area contributed by atoms with E-state index in [1.807, 2.05) is 12.1 Å². The van der Waals surface area contributed by atoms with Gasteiger partial charge >= 0.3 is 0 Å². The molecule has 0 spiro atoms. The van der Waals surface area contributed by atoms with E-state index in [2.05, 4.69) is 15.7 Å². The molecule has 2 N–H and O–H groups in total. The van der Waals surface area contributed by atoms with Gasteiger partial charge in [-0.05, 0) is 44.2 Å². The predicted octanol–water partition coefficient (Wildman–Crippen LogP) is 2.18. The first-order chi connectivity index (χ1) is 10.3. The number of aromatic amines is 1. The van der Waals surface area contributed by atoms with Crippen LogP contribution < -0.4 is 5.48 Å². The smallest absolute Gasteiger partial charge is 0.295 e. The molecular weight excluding hydrogens is 270 g/mol. The second-order valence-electron chi connectivity index (χ2n) is 5.20. The molecule has 2 heterocycles. The fourth-order valence-corrected chi connectivity index (χ4v) is 2.61. The molecule has 2 aromatic rings. The topological polar surface area (TPSA) is 80.2 Å². The van der Waals surface area contributed by atoms with Crippen LogP contribution >= 0.6 is 0 Å². The Morgan fingerprint density at radius 3 is 3.19 bits per heavy atom. The number of fused-ring (bicyclic) bond motifs is 1. The highest BCUT2D eigenvalue weighted by Gasteiger charge is 2.21. The van der Waals surface area contributed by atoms with Crippen molar-refractivity contribution in [3.8, 4) is 0 Å². The molecule has 21 heavy (non-hydrogen) atoms. The molecule has 0 saturated carbocycles. The van der Waals surface area contributed by atoms with Gasteiger partial charge in [-0.25, -0.2) is 5.48 Å². The Labute approximate surface area is 122 Å². The number of hydrogen-bond acceptors (Lipinski definition) is 4. The first-order valence-corrected chi connectivity index (χ1v) is 7.35. The summed E-state index contributed by atoms with van der Waals surface area (Å²) in [5.74, 6) is 0.652. The number of carbonyl (C=O) groups excluding carboxylic acids is 1. The molecule has 0 unspecified atom stereocenters. The zero-order valence-corrected chi connectivity index (χ0v) is 11.9. The van der Waals surface area contributed by atoms with Crippen molar-refractivity contribution in [2.75, 3.05) is 6.61 Å². The van der Waals surface area contributed by atoms with Crippen molar-refractivity contribution in [2.24, 2.45) is 0 Å². The molecule has 0 aromatic carbocycles. The Kier molecular flexibility index (Phi) is 4.35. The number of aryl methyl sites for hydroxylation is 2. The number of nitrogens with zero attached hydrogens (tertiary/aromatic N) is 1. The van der Waals surface area contributed by atoms with Crippen molar-refractivity contribution < 1.29 is 14.0 Å². The molecular formula is C15H19N3O3. The summed E-state index contributed by atoms with van der Waals surface area (Å²) < 4.78 is 5.23. The lowest BCUT2D eigenvalue weighted by Crippen LogP contribution is -2.26. The summed E-state index contributed by atoms with van der Waals surface area (Å²) in [6, 6.07) is 3.78. The molecule has 112 valence electrons. The van der Waals surface area contributed by atoms with Crippen LogP contribution in [0.25, 0.3) is 0 Å². The van der Waals surface area contributed by atoms with Gasteiger partial charge in [0.1, 0.15) is 5.76 Å². The molecule has 6 nitrogen and oxygen atoms in total. The van der Waals surface area contributed by atoms with Gasteiger partial charge in [-0.1, -0.05) is 0 Å². The number of aromatic nitrogens is 2. The van der Waals surface area contributed by atoms with Crippen LogP contribution in [0.4, 0.5) is 0 Å². The molecule has 0 fully saturated rings. The third kappa shape index (κ3) is 3.33. The average molecular weight is 289 g/mol. The molecule has 0 aliphatic heterocycles. The lowest BCUT2D eigenvalue weighted by atomic mass is 9.96. The Morgan fingerprint density at radius 1 is 1.43 bits per heavy atom. The van der Waals surface area contributed by atoms with Crippen molar-refractivity contribution in [1.82, 2.24) is 15.7 Å². The van der Waals surface area contributed by atoms with E-state index in [0.717, 1.165) is 55.5 Å². The number of hydroxylamine groups is 1. The monoisotopic (exact) mass is 289 g/mol. The number of hydrogen-bond donors (Lipinski definition) is 2. The molecule has 6 heteroatoms. The summed E-state index contributed by atoms with van der Waals surface area (Å²) in [5, 5.41) is 7.05. The van der Waals surface area contributed by atoms with Crippen LogP contribution in [0.5, 0.6) is 0 Å². The lowest BCUT2D eigenvalue weighted by Gasteiger charge is -2.11. The zero-order chi connectivity index (χ0) is 14.5. The number of nitrogens with one attached hydrogen (secondary N) is 2. The van der Waals surface area contributed by atoms with Gasteiger partial charge in [0.15, 0.2) is 5.69 Å². The standard InChI is InChI=1S/C15H19N3O3/c19-15(14-12-7-1-2-8-13(12)16-17-14)18-21-10-4-6-11-5-3-9-20-11/h3,5,9H,1-2,4,6-8,10H2,(H,16,17)(H,18,19). The summed E-state index contributed by atoms with van der Waals surface area (Å²) in [6.07, 6.45) is 7.37. The van der Waals surface area contributed by atoms with Gasteiger partial charge in [-0.2, -0.15) is 5.10 Å². The molecule has 2 aromatic heterocycles. The van der Waals surface area contributed by atoms with Gasteiger partial charge in [0.25, 0.3) is 5.91 Å². The van der Waals surface area contributed by atoms with Crippen LogP contribution in [0, 0.1) is 0 Å². The van der Waals surface area contributed by atoms with Crippen molar-refractivity contribution in [3.05, 3.63) is 41.1 Å². The van der Waals surface area contributed by atoms with E-state index >= 15 is 0 Å². The van der Waals surface area contributed by atoms with Crippen molar-refractivity contribution in [2.45, 2.75) is 38.5 Å². The highest BCUT2D eigenvalue weighted by Crippen LogP contribution is 2.21. The number of rotatable bonds is 6. The SMILES string of the molecule is O=C(NOCCCc1ccco1)c1n[nH]c2c1CCCC2. The second-order valence-corrected chi connectivity index (χ2v) is 5.20. The maximum absolute atomic E-state index is 12.0. The molecule has 0 radical (unpaired) electrons. The Balaban J connectivity index is 1.43. The van der Waals surface area contributed by atoms with E-state index in [1.54, 1.807) is 6.26 Å². The van der Waals surface area contributed by atoms with E-state index in [4.69, 9.17) is 9.25 Å². The van der Waals surface area contributed by atoms with E-state index in [-0.39, 0.29) is 5.91 Å². The van der Waals surface area contributed by atoms with Crippen LogP contribution in [-0.2, 0) is 24.1 Å². The Hall–Kier alpha value is -2.08. The van der Waals surface area contributed by atoms with Crippen LogP contribution in [0.15, 0.2) is 22.8 Å². The minimum Gasteiger partial charge on any atom is -0.469 e. The Morgan fingerprint density at radius 2 is 2.33 bits per heavy atom. The molecule has 1 aliphatic carbocycles. The van der Waals surface area contributed by atoms with Gasteiger partial charge in [0.2, 0.25) is 0 Å². The number of amides is 1. The summed E-state index contributed by atoms with van der Waals surface area (Å²) in [4.78, 5) is 17.2. The van der Waals surface area contributed by atoms with Crippen LogP contribution in [0.1, 0.15) is 46.8 Å². The highest BCUT2D eigenvalue weighted by molar-refractivity contribution is 5.93. The summed E-state index contributed by atoms with van der Waals surface area (Å²) in [7, 11) is 0. The fourth-order valence-electron chi connectivity index (χ4n) is 2.61. The van der Waals surface area contributed by atoms with Gasteiger partial charge in [-0.3, -0.25) is 14.7 Å². The molecule has 0 bridgehead atoms. The first-order valence-electron chi connectivity index (χ1n) is 7.35. The quantitative estimate of drug-likeness (QED) is 0.631. The van der Waals surface area contributed by atoms with E-state index in [0.29, 0.717) is 12.3 Å². The third-order valence-electron chi connectivity index (χ3n) is 3.69. The minimum absolute atomic E-state index is 0.271. The van der Waals surface area contributed by atoms with E-state index in [9.17, 15) is 4.79 Å². The van der Waals surface area contributed by atoms with Gasteiger partial charge in [-0.15, -0.1) is 0 Å². The molecule has 1 amide bonds. The minimum atomic E-state index is -0.271. The third-order valence-corrected chi connectivity index (χ3v) is 3.69. The van der Waals surface area contributed by atoms with Gasteiger partial charge in [0, 0.05) is 17.7 Å². The predicted molar refractivity (Wildman–Crippen MR) is 75.7 cm³/mol. The number of H-pyrrole nitrogens is 1. The molecule has 3 rings (SSSR count). The molecule has 0 saturated heterocycles. The summed E-state index contributed by atoms with van der Waals surface area (Å²) in [5.41, 5.74) is 5.06. The number of carbonyl (C=O) groups is 1. The Bertz CT molecular complexity index is 589.